The van der Waals surface area contributed by atoms with Gasteiger partial charge < -0.3 is 10.5 Å². The van der Waals surface area contributed by atoms with Crippen LogP contribution >= 0.6 is 11.6 Å². The van der Waals surface area contributed by atoms with Crippen LogP contribution in [0.3, 0.4) is 0 Å². The van der Waals surface area contributed by atoms with Crippen molar-refractivity contribution in [3.63, 3.8) is 0 Å². The van der Waals surface area contributed by atoms with Crippen LogP contribution in [-0.2, 0) is 0 Å². The Kier molecular flexibility index (Phi) is 6.29. The molecule has 0 saturated carbocycles. The molecule has 12 heteroatoms. The number of aromatic nitrogens is 1. The number of alkyl halides is 3. The second kappa shape index (κ2) is 8.30. The van der Waals surface area contributed by atoms with Crippen molar-refractivity contribution in [2.75, 3.05) is 12.3 Å². The van der Waals surface area contributed by atoms with Crippen LogP contribution in [0, 0.1) is 10.1 Å². The lowest BCUT2D eigenvalue weighted by Crippen LogP contribution is -2.43. The summed E-state index contributed by atoms with van der Waals surface area (Å²) in [5, 5.41) is 10.7. The second-order valence-corrected chi connectivity index (χ2v) is 5.83. The Labute approximate surface area is 161 Å². The first-order chi connectivity index (χ1) is 13.1. The zero-order valence-corrected chi connectivity index (χ0v) is 15.1. The molecule has 2 N–H and O–H groups in total. The predicted octanol–water partition coefficient (Wildman–Crippen LogP) is 4.39. The third-order valence-electron chi connectivity index (χ3n) is 3.51. The fourth-order valence-corrected chi connectivity index (χ4v) is 2.54. The Morgan fingerprint density at radius 2 is 2.11 bits per heavy atom. The Hall–Kier alpha value is -3.08. The van der Waals surface area contributed by atoms with Crippen LogP contribution < -0.4 is 10.5 Å². The first-order valence-electron chi connectivity index (χ1n) is 7.81. The molecule has 8 nitrogen and oxygen atoms in total. The molecule has 0 aliphatic heterocycles. The van der Waals surface area contributed by atoms with E-state index in [4.69, 9.17) is 22.1 Å². The summed E-state index contributed by atoms with van der Waals surface area (Å²) in [6, 6.07) is 5.06. The van der Waals surface area contributed by atoms with Gasteiger partial charge in [0.25, 0.3) is 11.6 Å². The highest BCUT2D eigenvalue weighted by Gasteiger charge is 2.42. The number of halogens is 4. The maximum absolute atomic E-state index is 13.2. The zero-order chi connectivity index (χ0) is 21.1. The van der Waals surface area contributed by atoms with E-state index in [9.17, 15) is 28.1 Å². The van der Waals surface area contributed by atoms with Gasteiger partial charge in [0.1, 0.15) is 0 Å². The van der Waals surface area contributed by atoms with Gasteiger partial charge in [0, 0.05) is 24.9 Å². The fourth-order valence-electron chi connectivity index (χ4n) is 2.27. The lowest BCUT2D eigenvalue weighted by atomic mass is 10.1. The summed E-state index contributed by atoms with van der Waals surface area (Å²) in [5.74, 6) is -2.17. The normalized spacial score (nSPS) is 11.2. The first-order valence-corrected chi connectivity index (χ1v) is 8.19. The molecule has 0 fully saturated rings. The predicted molar refractivity (Wildman–Crippen MR) is 94.2 cm³/mol. The van der Waals surface area contributed by atoms with Gasteiger partial charge in [0.15, 0.2) is 11.4 Å². The number of hydrogen-bond donors (Lipinski definition) is 1. The highest BCUT2D eigenvalue weighted by atomic mass is 35.5. The van der Waals surface area contributed by atoms with Gasteiger partial charge >= 0.3 is 6.30 Å². The number of ether oxygens (including phenoxy) is 1. The molecule has 0 aliphatic rings. The lowest BCUT2D eigenvalue weighted by Gasteiger charge is -2.25. The summed E-state index contributed by atoms with van der Waals surface area (Å²) in [6.45, 7) is 0.780. The molecule has 150 valence electrons. The summed E-state index contributed by atoms with van der Waals surface area (Å²) in [6.07, 6.45) is -3.67. The maximum Gasteiger partial charge on any atom is 0.487 e. The minimum atomic E-state index is -5.01. The summed E-state index contributed by atoms with van der Waals surface area (Å²) in [4.78, 5) is 26.2. The molecule has 2 rings (SSSR count). The van der Waals surface area contributed by atoms with E-state index in [2.05, 4.69) is 4.98 Å². The number of nitro groups is 1. The molecule has 0 atom stereocenters. The smallest absolute Gasteiger partial charge is 0.435 e. The van der Waals surface area contributed by atoms with Crippen LogP contribution in [0.5, 0.6) is 11.6 Å². The van der Waals surface area contributed by atoms with E-state index < -0.39 is 56.3 Å². The van der Waals surface area contributed by atoms with Crippen molar-refractivity contribution < 1.29 is 27.6 Å². The summed E-state index contributed by atoms with van der Waals surface area (Å²) in [5.41, 5.74) is 3.56. The van der Waals surface area contributed by atoms with E-state index in [1.165, 1.54) is 25.3 Å². The van der Waals surface area contributed by atoms with Gasteiger partial charge in [-0.3, -0.25) is 14.9 Å². The molecule has 0 unspecified atom stereocenters. The number of carbonyl (C=O) groups is 1. The Morgan fingerprint density at radius 1 is 1.43 bits per heavy atom. The molecule has 28 heavy (non-hydrogen) atoms. The molecule has 0 radical (unpaired) electrons. The van der Waals surface area contributed by atoms with Crippen LogP contribution in [0.4, 0.5) is 24.5 Å². The number of nitrogens with two attached hydrogens (primary N) is 1. The van der Waals surface area contributed by atoms with Gasteiger partial charge in [-0.15, -0.1) is 13.2 Å². The number of nitrogen functional groups attached to an aromatic ring is 1. The second-order valence-electron chi connectivity index (χ2n) is 5.45. The van der Waals surface area contributed by atoms with Crippen LogP contribution in [0.15, 0.2) is 30.5 Å². The third-order valence-corrected chi connectivity index (χ3v) is 3.88. The minimum absolute atomic E-state index is 0.00275. The number of nitro benzene ring substituents is 1. The number of hydrogen-bond acceptors (Lipinski definition) is 6. The van der Waals surface area contributed by atoms with Gasteiger partial charge in [-0.25, -0.2) is 9.88 Å². The highest BCUT2D eigenvalue weighted by molar-refractivity contribution is 6.36. The van der Waals surface area contributed by atoms with Crippen molar-refractivity contribution >= 4 is 28.9 Å². The third kappa shape index (κ3) is 4.42. The van der Waals surface area contributed by atoms with E-state index in [-0.39, 0.29) is 12.3 Å². The van der Waals surface area contributed by atoms with Crippen LogP contribution in [0.1, 0.15) is 23.7 Å². The molecule has 0 bridgehead atoms. The lowest BCUT2D eigenvalue weighted by molar-refractivity contribution is -0.384. The van der Waals surface area contributed by atoms with E-state index >= 15 is 0 Å². The van der Waals surface area contributed by atoms with Crippen LogP contribution in [0.2, 0.25) is 5.02 Å². The Bertz CT molecular complexity index is 894. The molecule has 2 aromatic rings. The number of amides is 1. The molecule has 0 spiro atoms. The first kappa shape index (κ1) is 21.2. The zero-order valence-electron chi connectivity index (χ0n) is 14.4. The van der Waals surface area contributed by atoms with Crippen LogP contribution in [-0.4, -0.2) is 33.6 Å². The molecular formula is C16H14ClF3N4O4. The summed E-state index contributed by atoms with van der Waals surface area (Å²) in [7, 11) is 0. The van der Waals surface area contributed by atoms with Crippen molar-refractivity contribution in [1.29, 1.82) is 0 Å². The summed E-state index contributed by atoms with van der Waals surface area (Å²) < 4.78 is 45.0. The maximum atomic E-state index is 13.2. The van der Waals surface area contributed by atoms with Crippen molar-refractivity contribution in [2.24, 2.45) is 0 Å². The number of nitrogens with zero attached hydrogens (tertiary/aromatic N) is 3. The van der Waals surface area contributed by atoms with E-state index in [0.717, 1.165) is 0 Å². The average Bonchev–Trinajstić information content (AvgIpc) is 2.62. The monoisotopic (exact) mass is 418 g/mol. The van der Waals surface area contributed by atoms with Crippen molar-refractivity contribution in [3.05, 3.63) is 51.2 Å². The molecule has 0 aliphatic carbocycles. The molecule has 1 heterocycles. The number of anilines is 1. The van der Waals surface area contributed by atoms with Crippen molar-refractivity contribution in [1.82, 2.24) is 9.88 Å². The Morgan fingerprint density at radius 3 is 2.61 bits per heavy atom. The molecule has 0 saturated heterocycles. The van der Waals surface area contributed by atoms with Gasteiger partial charge in [0.05, 0.1) is 15.5 Å². The van der Waals surface area contributed by atoms with Crippen LogP contribution in [0.25, 0.3) is 0 Å². The van der Waals surface area contributed by atoms with Crippen molar-refractivity contribution in [2.45, 2.75) is 19.6 Å². The van der Waals surface area contributed by atoms with Gasteiger partial charge in [-0.2, -0.15) is 0 Å². The average molecular weight is 419 g/mol. The fraction of sp³-hybridized carbons (Fsp3) is 0.250. The highest BCUT2D eigenvalue weighted by Crippen LogP contribution is 2.43. The largest absolute Gasteiger partial charge is 0.487 e. The van der Waals surface area contributed by atoms with E-state index in [0.29, 0.717) is 6.07 Å². The Balaban J connectivity index is 2.64. The molecule has 1 amide bonds. The van der Waals surface area contributed by atoms with Gasteiger partial charge in [-0.05, 0) is 12.5 Å². The number of benzene rings is 1. The van der Waals surface area contributed by atoms with Gasteiger partial charge in [0.2, 0.25) is 5.88 Å². The number of pyridine rings is 1. The summed E-state index contributed by atoms with van der Waals surface area (Å²) >= 11 is 6.06. The van der Waals surface area contributed by atoms with Gasteiger partial charge in [-0.1, -0.05) is 24.6 Å². The van der Waals surface area contributed by atoms with E-state index in [1.54, 1.807) is 6.07 Å². The minimum Gasteiger partial charge on any atom is -0.435 e. The quantitative estimate of drug-likeness (QED) is 0.322. The number of carbonyl (C=O) groups excluding carboxylic acids is 1. The molecular weight excluding hydrogens is 405 g/mol. The number of rotatable bonds is 6. The molecule has 1 aromatic heterocycles. The van der Waals surface area contributed by atoms with Crippen molar-refractivity contribution in [3.8, 4) is 11.6 Å². The topological polar surface area (TPSA) is 112 Å². The van der Waals surface area contributed by atoms with E-state index in [1.807, 2.05) is 0 Å². The molecule has 1 aromatic carbocycles. The SMILES string of the molecule is CCCN(C(=O)c1cc([N+](=O)[O-])c(N)c(Oc2ccccn2)c1Cl)C(F)(F)F. The standard InChI is InChI=1S/C16H14ClF3N4O4/c1-2-7-23(16(18,19)20)15(25)9-8-10(24(26)27)13(21)14(12(9)17)28-11-5-3-4-6-22-11/h3-6,8H,2,7,21H2,1H3.